The van der Waals surface area contributed by atoms with Crippen LogP contribution in [0.4, 0.5) is 0 Å². The first-order chi connectivity index (χ1) is 13.3. The Kier molecular flexibility index (Phi) is 5.89. The minimum Gasteiger partial charge on any atom is -0.365 e. The van der Waals surface area contributed by atoms with Gasteiger partial charge in [-0.25, -0.2) is 4.99 Å². The predicted octanol–water partition coefficient (Wildman–Crippen LogP) is 3.82. The van der Waals surface area contributed by atoms with Crippen molar-refractivity contribution >= 4 is 24.2 Å². The first-order valence-electron chi connectivity index (χ1n) is 9.74. The quantitative estimate of drug-likeness (QED) is 0.447. The third-order valence-corrected chi connectivity index (χ3v) is 5.62. The topological polar surface area (TPSA) is 70.5 Å². The highest BCUT2D eigenvalue weighted by Gasteiger charge is 2.38. The summed E-state index contributed by atoms with van der Waals surface area (Å²) in [6, 6.07) is 1.80. The van der Waals surface area contributed by atoms with Crippen molar-refractivity contribution in [3.63, 3.8) is 0 Å². The van der Waals surface area contributed by atoms with Gasteiger partial charge in [-0.15, -0.1) is 5.10 Å². The maximum absolute atomic E-state index is 13.5. The number of allylic oxidation sites excluding steroid dienone is 1. The molecule has 1 saturated carbocycles. The third-order valence-electron chi connectivity index (χ3n) is 5.43. The fourth-order valence-corrected chi connectivity index (χ4v) is 3.72. The molecule has 2 heterocycles. The van der Waals surface area contributed by atoms with Gasteiger partial charge in [0, 0.05) is 36.2 Å². The molecule has 1 N–H and O–H groups in total. The fraction of sp³-hybridized carbons (Fsp3) is 0.524. The lowest BCUT2D eigenvalue weighted by Crippen LogP contribution is -2.38. The lowest BCUT2D eigenvalue weighted by molar-refractivity contribution is -0.127. The Balaban J connectivity index is 1.92. The molecule has 150 valence electrons. The van der Waals surface area contributed by atoms with Crippen LogP contribution in [0.5, 0.6) is 0 Å². The second-order valence-corrected chi connectivity index (χ2v) is 8.40. The summed E-state index contributed by atoms with van der Waals surface area (Å²) in [4.78, 5) is 19.6. The molecule has 0 bridgehead atoms. The zero-order valence-electron chi connectivity index (χ0n) is 17.1. The van der Waals surface area contributed by atoms with Crippen LogP contribution in [0.15, 0.2) is 33.6 Å². The van der Waals surface area contributed by atoms with Gasteiger partial charge in [-0.2, -0.15) is 5.10 Å². The number of hydrogen-bond donors (Lipinski definition) is 1. The van der Waals surface area contributed by atoms with Gasteiger partial charge in [-0.1, -0.05) is 24.1 Å². The summed E-state index contributed by atoms with van der Waals surface area (Å²) in [7, 11) is 0. The van der Waals surface area contributed by atoms with E-state index in [9.17, 15) is 4.79 Å². The number of carbonyl (C=O) groups excluding carboxylic acids is 1. The van der Waals surface area contributed by atoms with Crippen molar-refractivity contribution in [3.8, 4) is 0 Å². The molecule has 6 nitrogen and oxygen atoms in total. The van der Waals surface area contributed by atoms with E-state index in [-0.39, 0.29) is 11.4 Å². The van der Waals surface area contributed by atoms with E-state index in [2.05, 4.69) is 41.1 Å². The highest BCUT2D eigenvalue weighted by molar-refractivity contribution is 6.29. The normalized spacial score (nSPS) is 18.0. The summed E-state index contributed by atoms with van der Waals surface area (Å²) < 4.78 is 0. The summed E-state index contributed by atoms with van der Waals surface area (Å²) >= 11 is 6.00. The molecule has 1 fully saturated rings. The first-order valence-corrected chi connectivity index (χ1v) is 10.1. The molecule has 0 radical (unpaired) electrons. The zero-order valence-corrected chi connectivity index (χ0v) is 17.9. The number of aromatic nitrogens is 2. The molecule has 0 unspecified atom stereocenters. The van der Waals surface area contributed by atoms with Gasteiger partial charge in [0.05, 0.1) is 5.69 Å². The van der Waals surface area contributed by atoms with Gasteiger partial charge in [0.15, 0.2) is 5.15 Å². The number of fused-ring (bicyclic) bond motifs is 1. The number of aliphatic imine (C=N–C) groups is 1. The number of hydrogen-bond acceptors (Lipinski definition) is 5. The van der Waals surface area contributed by atoms with Crippen molar-refractivity contribution in [2.45, 2.75) is 65.5 Å². The molecule has 1 aromatic heterocycles. The Bertz CT molecular complexity index is 866. The molecule has 2 aliphatic rings. The lowest BCUT2D eigenvalue weighted by Gasteiger charge is -2.30. The van der Waals surface area contributed by atoms with Crippen LogP contribution < -0.4 is 5.32 Å². The van der Waals surface area contributed by atoms with E-state index >= 15 is 0 Å². The molecule has 1 aliphatic carbocycles. The molecule has 0 atom stereocenters. The van der Waals surface area contributed by atoms with Crippen molar-refractivity contribution in [2.24, 2.45) is 4.99 Å². The van der Waals surface area contributed by atoms with Crippen molar-refractivity contribution in [1.82, 2.24) is 20.4 Å². The highest BCUT2D eigenvalue weighted by atomic mass is 35.5. The van der Waals surface area contributed by atoms with E-state index < -0.39 is 0 Å². The molecule has 1 amide bonds. The summed E-state index contributed by atoms with van der Waals surface area (Å²) in [5.41, 5.74) is 4.55. The van der Waals surface area contributed by atoms with Gasteiger partial charge < -0.3 is 10.2 Å². The minimum atomic E-state index is 0.0133. The average Bonchev–Trinajstić information content (AvgIpc) is 3.40. The van der Waals surface area contributed by atoms with E-state index in [1.807, 2.05) is 18.7 Å². The van der Waals surface area contributed by atoms with Gasteiger partial charge in [-0.3, -0.25) is 4.79 Å². The molecular weight excluding hydrogens is 374 g/mol. The van der Waals surface area contributed by atoms with Gasteiger partial charge in [0.25, 0.3) is 5.91 Å². The van der Waals surface area contributed by atoms with Crippen molar-refractivity contribution in [1.29, 1.82) is 0 Å². The standard InChI is InChI=1S/C21H28ClN5O/c1-6-15(19(23-5)24-21(4)8-9-21)18(13(2)3)20(28)27-10-7-16-14(12-27)11-17(22)26-25-16/h11,24H,5-10,12H2,1-4H3/b19-15-. The van der Waals surface area contributed by atoms with E-state index in [0.717, 1.165) is 46.6 Å². The van der Waals surface area contributed by atoms with E-state index in [4.69, 9.17) is 11.6 Å². The van der Waals surface area contributed by atoms with Crippen LogP contribution in [0.1, 0.15) is 58.2 Å². The molecular formula is C21H28ClN5O. The minimum absolute atomic E-state index is 0.0133. The monoisotopic (exact) mass is 401 g/mol. The number of halogens is 1. The predicted molar refractivity (Wildman–Crippen MR) is 112 cm³/mol. The molecule has 28 heavy (non-hydrogen) atoms. The largest absolute Gasteiger partial charge is 0.365 e. The summed E-state index contributed by atoms with van der Waals surface area (Å²) in [6.07, 6.45) is 3.58. The van der Waals surface area contributed by atoms with Gasteiger partial charge in [-0.05, 0) is 58.4 Å². The second-order valence-electron chi connectivity index (χ2n) is 8.02. The van der Waals surface area contributed by atoms with E-state index in [1.165, 1.54) is 0 Å². The van der Waals surface area contributed by atoms with Crippen molar-refractivity contribution in [3.05, 3.63) is 45.0 Å². The Labute approximate surface area is 171 Å². The van der Waals surface area contributed by atoms with Crippen LogP contribution in [0.2, 0.25) is 5.15 Å². The molecule has 0 spiro atoms. The Morgan fingerprint density at radius 1 is 1.39 bits per heavy atom. The number of rotatable bonds is 6. The smallest absolute Gasteiger partial charge is 0.254 e. The van der Waals surface area contributed by atoms with Crippen molar-refractivity contribution in [2.75, 3.05) is 6.54 Å². The Morgan fingerprint density at radius 3 is 2.68 bits per heavy atom. The number of nitrogens with zero attached hydrogens (tertiary/aromatic N) is 4. The van der Waals surface area contributed by atoms with E-state index in [0.29, 0.717) is 31.1 Å². The molecule has 0 aromatic carbocycles. The number of nitrogens with one attached hydrogen (secondary N) is 1. The average molecular weight is 402 g/mol. The summed E-state index contributed by atoms with van der Waals surface area (Å²) in [5.74, 6) is 0.734. The van der Waals surface area contributed by atoms with Crippen LogP contribution >= 0.6 is 11.6 Å². The first kappa shape index (κ1) is 20.5. The molecule has 1 aliphatic heterocycles. The third kappa shape index (κ3) is 4.27. The molecule has 1 aromatic rings. The fourth-order valence-electron chi connectivity index (χ4n) is 3.55. The maximum atomic E-state index is 13.5. The van der Waals surface area contributed by atoms with Gasteiger partial charge in [0.2, 0.25) is 0 Å². The molecule has 0 saturated heterocycles. The lowest BCUT2D eigenvalue weighted by atomic mass is 9.96. The zero-order chi connectivity index (χ0) is 20.5. The van der Waals surface area contributed by atoms with E-state index in [1.54, 1.807) is 6.07 Å². The molecule has 7 heteroatoms. The second kappa shape index (κ2) is 8.03. The van der Waals surface area contributed by atoms with Crippen LogP contribution in [-0.2, 0) is 17.8 Å². The maximum Gasteiger partial charge on any atom is 0.254 e. The summed E-state index contributed by atoms with van der Waals surface area (Å²) in [5, 5.41) is 11.9. The van der Waals surface area contributed by atoms with Gasteiger partial charge >= 0.3 is 0 Å². The number of carbonyl (C=O) groups is 1. The van der Waals surface area contributed by atoms with Crippen LogP contribution in [0, 0.1) is 0 Å². The van der Waals surface area contributed by atoms with Crippen molar-refractivity contribution < 1.29 is 4.79 Å². The number of amides is 1. The van der Waals surface area contributed by atoms with Crippen LogP contribution in [0.3, 0.4) is 0 Å². The highest BCUT2D eigenvalue weighted by Crippen LogP contribution is 2.37. The Hall–Kier alpha value is -2.21. The Morgan fingerprint density at radius 2 is 2.11 bits per heavy atom. The van der Waals surface area contributed by atoms with Crippen LogP contribution in [-0.4, -0.2) is 39.8 Å². The van der Waals surface area contributed by atoms with Crippen LogP contribution in [0.25, 0.3) is 0 Å². The summed E-state index contributed by atoms with van der Waals surface area (Å²) in [6.45, 7) is 13.0. The SMILES string of the molecule is C=N/C(NC1(C)CC1)=C(\CC)C(C(=O)N1CCc2nnc(Cl)cc2C1)=C(C)C. The molecule has 3 rings (SSSR count). The van der Waals surface area contributed by atoms with Gasteiger partial charge in [0.1, 0.15) is 5.82 Å².